The molecule has 1 N–H and O–H groups in total. The van der Waals surface area contributed by atoms with Gasteiger partial charge in [0.2, 0.25) is 0 Å². The van der Waals surface area contributed by atoms with Crippen molar-refractivity contribution in [1.82, 2.24) is 9.88 Å². The minimum Gasteiger partial charge on any atom is -0.489 e. The van der Waals surface area contributed by atoms with Gasteiger partial charge in [0.15, 0.2) is 0 Å². The lowest BCUT2D eigenvalue weighted by atomic mass is 10.0. The number of hydrogen-bond donors (Lipinski definition) is 1. The number of benzene rings is 4. The van der Waals surface area contributed by atoms with E-state index in [1.54, 1.807) is 0 Å². The van der Waals surface area contributed by atoms with Gasteiger partial charge < -0.3 is 19.9 Å². The van der Waals surface area contributed by atoms with Crippen molar-refractivity contribution in [3.05, 3.63) is 115 Å². The molecule has 0 spiro atoms. The van der Waals surface area contributed by atoms with Crippen LogP contribution in [0, 0.1) is 0 Å². The first-order chi connectivity index (χ1) is 19.1. The lowest BCUT2D eigenvalue weighted by Crippen LogP contribution is -2.31. The summed E-state index contributed by atoms with van der Waals surface area (Å²) in [7, 11) is 4.34. The molecule has 1 atom stereocenters. The molecule has 1 aromatic heterocycles. The smallest absolute Gasteiger partial charge is 0.120 e. The molecule has 6 rings (SSSR count). The SMILES string of the molecule is CN(C)C1CCN(c2ccc(Nc3ccnc4ccc(-c5cccc(OCc6ccccc6)c5)cc34)cc2)C1. The van der Waals surface area contributed by atoms with Gasteiger partial charge in [-0.05, 0) is 91.8 Å². The van der Waals surface area contributed by atoms with Gasteiger partial charge >= 0.3 is 0 Å². The zero-order chi connectivity index (χ0) is 26.6. The summed E-state index contributed by atoms with van der Waals surface area (Å²) >= 11 is 0. The fourth-order valence-corrected chi connectivity index (χ4v) is 5.25. The number of hydrogen-bond acceptors (Lipinski definition) is 5. The fraction of sp³-hybridized carbons (Fsp3) is 0.206. The number of fused-ring (bicyclic) bond motifs is 1. The van der Waals surface area contributed by atoms with E-state index in [0.717, 1.165) is 57.8 Å². The lowest BCUT2D eigenvalue weighted by molar-refractivity contribution is 0.306. The predicted octanol–water partition coefficient (Wildman–Crippen LogP) is 7.36. The van der Waals surface area contributed by atoms with Crippen molar-refractivity contribution in [3.8, 4) is 16.9 Å². The summed E-state index contributed by atoms with van der Waals surface area (Å²) in [5.41, 5.74) is 7.74. The van der Waals surface area contributed by atoms with Crippen molar-refractivity contribution in [3.63, 3.8) is 0 Å². The van der Waals surface area contributed by atoms with Crippen LogP contribution in [0.5, 0.6) is 5.75 Å². The number of pyridine rings is 1. The highest BCUT2D eigenvalue weighted by Gasteiger charge is 2.23. The molecule has 1 fully saturated rings. The van der Waals surface area contributed by atoms with Gasteiger partial charge in [-0.1, -0.05) is 48.5 Å². The highest BCUT2D eigenvalue weighted by Crippen LogP contribution is 2.32. The van der Waals surface area contributed by atoms with Crippen LogP contribution in [-0.4, -0.2) is 43.1 Å². The van der Waals surface area contributed by atoms with Crippen molar-refractivity contribution in [2.24, 2.45) is 0 Å². The molecule has 39 heavy (non-hydrogen) atoms. The summed E-state index contributed by atoms with van der Waals surface area (Å²) in [5, 5.41) is 4.71. The molecular formula is C34H34N4O. The molecule has 2 heterocycles. The van der Waals surface area contributed by atoms with Crippen LogP contribution in [0.4, 0.5) is 17.1 Å². The molecule has 0 saturated carbocycles. The Morgan fingerprint density at radius 1 is 0.872 bits per heavy atom. The Balaban J connectivity index is 1.20. The number of rotatable bonds is 8. The molecule has 5 aromatic rings. The minimum absolute atomic E-state index is 0.548. The third-order valence-electron chi connectivity index (χ3n) is 7.56. The second-order valence-corrected chi connectivity index (χ2v) is 10.4. The van der Waals surface area contributed by atoms with E-state index in [-0.39, 0.29) is 0 Å². The van der Waals surface area contributed by atoms with Crippen molar-refractivity contribution in [2.45, 2.75) is 19.1 Å². The summed E-state index contributed by atoms with van der Waals surface area (Å²) in [6.07, 6.45) is 3.07. The van der Waals surface area contributed by atoms with Gasteiger partial charge in [0.1, 0.15) is 12.4 Å². The Hall–Kier alpha value is -4.35. The van der Waals surface area contributed by atoms with Crippen molar-refractivity contribution >= 4 is 28.0 Å². The Morgan fingerprint density at radius 2 is 1.69 bits per heavy atom. The summed E-state index contributed by atoms with van der Waals surface area (Å²) < 4.78 is 6.08. The largest absolute Gasteiger partial charge is 0.489 e. The highest BCUT2D eigenvalue weighted by molar-refractivity contribution is 5.95. The first-order valence-corrected chi connectivity index (χ1v) is 13.6. The van der Waals surface area contributed by atoms with Gasteiger partial charge in [0, 0.05) is 47.8 Å². The Morgan fingerprint density at radius 3 is 2.49 bits per heavy atom. The molecule has 5 nitrogen and oxygen atoms in total. The van der Waals surface area contributed by atoms with Crippen LogP contribution in [0.3, 0.4) is 0 Å². The summed E-state index contributed by atoms with van der Waals surface area (Å²) in [4.78, 5) is 9.41. The number of nitrogens with zero attached hydrogens (tertiary/aromatic N) is 3. The van der Waals surface area contributed by atoms with E-state index in [1.165, 1.54) is 12.1 Å². The Bertz CT molecular complexity index is 1550. The van der Waals surface area contributed by atoms with E-state index in [9.17, 15) is 0 Å². The molecule has 0 bridgehead atoms. The van der Waals surface area contributed by atoms with Gasteiger partial charge in [-0.15, -0.1) is 0 Å². The maximum Gasteiger partial charge on any atom is 0.120 e. The molecule has 5 heteroatoms. The predicted molar refractivity (Wildman–Crippen MR) is 162 cm³/mol. The van der Waals surface area contributed by atoms with Crippen molar-refractivity contribution in [2.75, 3.05) is 37.4 Å². The molecule has 0 radical (unpaired) electrons. The van der Waals surface area contributed by atoms with Crippen molar-refractivity contribution in [1.29, 1.82) is 0 Å². The molecule has 1 aliphatic heterocycles. The van der Waals surface area contributed by atoms with Gasteiger partial charge in [-0.3, -0.25) is 4.98 Å². The third kappa shape index (κ3) is 5.74. The average molecular weight is 515 g/mol. The van der Waals surface area contributed by atoms with Crippen LogP contribution in [-0.2, 0) is 6.61 Å². The molecule has 1 aliphatic rings. The molecule has 196 valence electrons. The van der Waals surface area contributed by atoms with E-state index in [2.05, 4.69) is 101 Å². The second kappa shape index (κ2) is 11.2. The lowest BCUT2D eigenvalue weighted by Gasteiger charge is -2.22. The number of anilines is 3. The second-order valence-electron chi connectivity index (χ2n) is 10.4. The van der Waals surface area contributed by atoms with Crippen LogP contribution >= 0.6 is 0 Å². The molecule has 1 saturated heterocycles. The van der Waals surface area contributed by atoms with Crippen LogP contribution in [0.1, 0.15) is 12.0 Å². The monoisotopic (exact) mass is 514 g/mol. The average Bonchev–Trinajstić information content (AvgIpc) is 3.48. The summed E-state index contributed by atoms with van der Waals surface area (Å²) in [6.45, 7) is 2.73. The molecule has 0 amide bonds. The topological polar surface area (TPSA) is 40.6 Å². The van der Waals surface area contributed by atoms with Crippen LogP contribution < -0.4 is 15.0 Å². The summed E-state index contributed by atoms with van der Waals surface area (Å²) in [5.74, 6) is 0.857. The Kier molecular flexibility index (Phi) is 7.15. The fourth-order valence-electron chi connectivity index (χ4n) is 5.25. The quantitative estimate of drug-likeness (QED) is 0.234. The molecule has 0 aliphatic carbocycles. The van der Waals surface area contributed by atoms with E-state index in [0.29, 0.717) is 12.6 Å². The normalized spacial score (nSPS) is 15.2. The van der Waals surface area contributed by atoms with Crippen molar-refractivity contribution < 1.29 is 4.74 Å². The molecule has 1 unspecified atom stereocenters. The van der Waals surface area contributed by atoms with Crippen LogP contribution in [0.2, 0.25) is 0 Å². The standard InChI is InChI=1S/C34H34N4O/c1-37(2)30-18-20-38(23-30)29-14-12-28(13-15-29)36-34-17-19-35-33-16-11-27(22-32(33)34)26-9-6-10-31(21-26)39-24-25-7-4-3-5-8-25/h3-17,19,21-22,30H,18,20,23-24H2,1-2H3,(H,35,36). The number of likely N-dealkylation sites (N-methyl/N-ethyl adjacent to an activating group) is 1. The maximum absolute atomic E-state index is 6.08. The van der Waals surface area contributed by atoms with Crippen LogP contribution in [0.15, 0.2) is 109 Å². The van der Waals surface area contributed by atoms with E-state index in [4.69, 9.17) is 4.74 Å². The van der Waals surface area contributed by atoms with Gasteiger partial charge in [-0.25, -0.2) is 0 Å². The molecular weight excluding hydrogens is 480 g/mol. The highest BCUT2D eigenvalue weighted by atomic mass is 16.5. The third-order valence-corrected chi connectivity index (χ3v) is 7.56. The zero-order valence-corrected chi connectivity index (χ0v) is 22.5. The number of ether oxygens (including phenoxy) is 1. The summed E-state index contributed by atoms with van der Waals surface area (Å²) in [6, 6.07) is 36.4. The number of aromatic nitrogens is 1. The van der Waals surface area contributed by atoms with Crippen LogP contribution in [0.25, 0.3) is 22.0 Å². The van der Waals surface area contributed by atoms with Gasteiger partial charge in [0.25, 0.3) is 0 Å². The first-order valence-electron chi connectivity index (χ1n) is 13.6. The first kappa shape index (κ1) is 25.0. The number of nitrogens with one attached hydrogen (secondary N) is 1. The van der Waals surface area contributed by atoms with Gasteiger partial charge in [-0.2, -0.15) is 0 Å². The molecule has 4 aromatic carbocycles. The minimum atomic E-state index is 0.548. The van der Waals surface area contributed by atoms with E-state index in [1.807, 2.05) is 42.6 Å². The maximum atomic E-state index is 6.08. The zero-order valence-electron chi connectivity index (χ0n) is 22.5. The Labute approximate surface area is 230 Å². The van der Waals surface area contributed by atoms with E-state index < -0.39 is 0 Å². The van der Waals surface area contributed by atoms with E-state index >= 15 is 0 Å². The van der Waals surface area contributed by atoms with Gasteiger partial charge in [0.05, 0.1) is 5.52 Å².